The van der Waals surface area contributed by atoms with Gasteiger partial charge in [0.25, 0.3) is 0 Å². The normalized spacial score (nSPS) is 21.5. The summed E-state index contributed by atoms with van der Waals surface area (Å²) in [6, 6.07) is 0. The monoisotopic (exact) mass is 299 g/mol. The molecule has 2 heterocycles. The first-order chi connectivity index (χ1) is 8.22. The van der Waals surface area contributed by atoms with Crippen molar-refractivity contribution in [2.75, 3.05) is 13.1 Å². The van der Waals surface area contributed by atoms with E-state index in [1.807, 2.05) is 4.68 Å². The first-order valence-electron chi connectivity index (χ1n) is 6.63. The number of aromatic nitrogens is 2. The standard InChI is InChI=1S/C13H22BrN3/c1-3-11-13(14)12(17(2)16-11)8-10-6-4-5-7-15-9-10/h10,15H,3-9H2,1-2H3. The van der Waals surface area contributed by atoms with Crippen molar-refractivity contribution < 1.29 is 0 Å². The van der Waals surface area contributed by atoms with E-state index in [1.54, 1.807) is 0 Å². The smallest absolute Gasteiger partial charge is 0.0766 e. The number of rotatable bonds is 3. The minimum Gasteiger partial charge on any atom is -0.316 e. The van der Waals surface area contributed by atoms with Gasteiger partial charge in [-0.25, -0.2) is 0 Å². The molecule has 0 aliphatic carbocycles. The number of nitrogens with zero attached hydrogens (tertiary/aromatic N) is 2. The molecule has 1 fully saturated rings. The van der Waals surface area contributed by atoms with Crippen LogP contribution in [-0.2, 0) is 19.9 Å². The van der Waals surface area contributed by atoms with Gasteiger partial charge in [-0.3, -0.25) is 4.68 Å². The van der Waals surface area contributed by atoms with Gasteiger partial charge in [-0.1, -0.05) is 13.3 Å². The molecule has 17 heavy (non-hydrogen) atoms. The largest absolute Gasteiger partial charge is 0.316 e. The van der Waals surface area contributed by atoms with E-state index in [1.165, 1.54) is 41.7 Å². The third kappa shape index (κ3) is 3.10. The minimum atomic E-state index is 0.758. The summed E-state index contributed by atoms with van der Waals surface area (Å²) in [7, 11) is 2.06. The van der Waals surface area contributed by atoms with Gasteiger partial charge >= 0.3 is 0 Å². The van der Waals surface area contributed by atoms with Crippen LogP contribution < -0.4 is 5.32 Å². The molecule has 0 aromatic carbocycles. The second-order valence-corrected chi connectivity index (χ2v) is 5.75. The van der Waals surface area contributed by atoms with Crippen molar-refractivity contribution in [3.63, 3.8) is 0 Å². The highest BCUT2D eigenvalue weighted by atomic mass is 79.9. The number of hydrogen-bond donors (Lipinski definition) is 1. The van der Waals surface area contributed by atoms with E-state index in [9.17, 15) is 0 Å². The maximum Gasteiger partial charge on any atom is 0.0766 e. The van der Waals surface area contributed by atoms with Crippen LogP contribution in [-0.4, -0.2) is 22.9 Å². The molecule has 1 unspecified atom stereocenters. The second kappa shape index (κ2) is 6.01. The first-order valence-corrected chi connectivity index (χ1v) is 7.42. The predicted octanol–water partition coefficient (Wildman–Crippen LogP) is 2.68. The van der Waals surface area contributed by atoms with Crippen molar-refractivity contribution in [1.82, 2.24) is 15.1 Å². The van der Waals surface area contributed by atoms with Crippen LogP contribution in [0.15, 0.2) is 4.47 Å². The highest BCUT2D eigenvalue weighted by Gasteiger charge is 2.18. The van der Waals surface area contributed by atoms with Gasteiger partial charge in [-0.2, -0.15) is 5.10 Å². The van der Waals surface area contributed by atoms with Crippen molar-refractivity contribution in [1.29, 1.82) is 0 Å². The average Bonchev–Trinajstić information content (AvgIpc) is 2.53. The van der Waals surface area contributed by atoms with Gasteiger partial charge in [0, 0.05) is 7.05 Å². The topological polar surface area (TPSA) is 29.9 Å². The third-order valence-corrected chi connectivity index (χ3v) is 4.55. The summed E-state index contributed by atoms with van der Waals surface area (Å²) in [5.41, 5.74) is 2.54. The lowest BCUT2D eigenvalue weighted by molar-refractivity contribution is 0.462. The van der Waals surface area contributed by atoms with E-state index < -0.39 is 0 Å². The summed E-state index contributed by atoms with van der Waals surface area (Å²) < 4.78 is 3.28. The fourth-order valence-corrected chi connectivity index (χ4v) is 3.36. The van der Waals surface area contributed by atoms with Crippen LogP contribution in [0.1, 0.15) is 37.6 Å². The summed E-state index contributed by atoms with van der Waals surface area (Å²) in [5, 5.41) is 8.10. The van der Waals surface area contributed by atoms with Gasteiger partial charge in [0.05, 0.1) is 15.9 Å². The van der Waals surface area contributed by atoms with Crippen LogP contribution in [0.25, 0.3) is 0 Å². The molecule has 1 aliphatic rings. The molecule has 2 rings (SSSR count). The Morgan fingerprint density at radius 3 is 3.00 bits per heavy atom. The van der Waals surface area contributed by atoms with Crippen molar-refractivity contribution in [2.45, 2.75) is 39.0 Å². The SMILES string of the molecule is CCc1nn(C)c(CC2CCCCNC2)c1Br. The molecule has 1 aromatic rings. The lowest BCUT2D eigenvalue weighted by atomic mass is 9.97. The Morgan fingerprint density at radius 1 is 1.47 bits per heavy atom. The Kier molecular flexibility index (Phi) is 4.62. The zero-order valence-electron chi connectivity index (χ0n) is 10.8. The van der Waals surface area contributed by atoms with E-state index in [2.05, 4.69) is 40.3 Å². The third-order valence-electron chi connectivity index (χ3n) is 3.63. The molecule has 1 saturated heterocycles. The van der Waals surface area contributed by atoms with Crippen LogP contribution in [0.5, 0.6) is 0 Å². The molecule has 0 spiro atoms. The lowest BCUT2D eigenvalue weighted by Gasteiger charge is -2.14. The van der Waals surface area contributed by atoms with E-state index in [0.717, 1.165) is 25.3 Å². The number of aryl methyl sites for hydroxylation is 2. The van der Waals surface area contributed by atoms with Crippen LogP contribution in [0.3, 0.4) is 0 Å². The van der Waals surface area contributed by atoms with Crippen LogP contribution in [0, 0.1) is 5.92 Å². The second-order valence-electron chi connectivity index (χ2n) is 4.95. The van der Waals surface area contributed by atoms with Crippen LogP contribution in [0.2, 0.25) is 0 Å². The van der Waals surface area contributed by atoms with Crippen molar-refractivity contribution in [3.8, 4) is 0 Å². The molecule has 1 N–H and O–H groups in total. The maximum absolute atomic E-state index is 4.57. The molecule has 1 aromatic heterocycles. The summed E-state index contributed by atoms with van der Waals surface area (Å²) in [6.07, 6.45) is 6.15. The summed E-state index contributed by atoms with van der Waals surface area (Å²) in [6.45, 7) is 4.49. The summed E-state index contributed by atoms with van der Waals surface area (Å²) in [5.74, 6) is 0.758. The van der Waals surface area contributed by atoms with Crippen molar-refractivity contribution >= 4 is 15.9 Å². The van der Waals surface area contributed by atoms with Crippen LogP contribution >= 0.6 is 15.9 Å². The number of halogens is 1. The average molecular weight is 300 g/mol. The van der Waals surface area contributed by atoms with Crippen molar-refractivity contribution in [3.05, 3.63) is 15.9 Å². The fourth-order valence-electron chi connectivity index (χ4n) is 2.58. The van der Waals surface area contributed by atoms with E-state index >= 15 is 0 Å². The van der Waals surface area contributed by atoms with Gasteiger partial charge in [0.1, 0.15) is 0 Å². The molecule has 1 aliphatic heterocycles. The molecule has 1 atom stereocenters. The van der Waals surface area contributed by atoms with E-state index in [-0.39, 0.29) is 0 Å². The van der Waals surface area contributed by atoms with Crippen LogP contribution in [0.4, 0.5) is 0 Å². The molecule has 0 radical (unpaired) electrons. The molecular weight excluding hydrogens is 278 g/mol. The highest BCUT2D eigenvalue weighted by molar-refractivity contribution is 9.10. The van der Waals surface area contributed by atoms with E-state index in [0.29, 0.717) is 0 Å². The Labute approximate surface area is 112 Å². The molecule has 4 heteroatoms. The summed E-state index contributed by atoms with van der Waals surface area (Å²) in [4.78, 5) is 0. The highest BCUT2D eigenvalue weighted by Crippen LogP contribution is 2.26. The first kappa shape index (κ1) is 13.1. The minimum absolute atomic E-state index is 0.758. The van der Waals surface area contributed by atoms with Gasteiger partial charge < -0.3 is 5.32 Å². The molecular formula is C13H22BrN3. The lowest BCUT2D eigenvalue weighted by Crippen LogP contribution is -2.22. The van der Waals surface area contributed by atoms with Gasteiger partial charge in [0.15, 0.2) is 0 Å². The molecule has 96 valence electrons. The Balaban J connectivity index is 2.09. The fraction of sp³-hybridized carbons (Fsp3) is 0.769. The number of nitrogens with one attached hydrogen (secondary N) is 1. The molecule has 0 amide bonds. The zero-order chi connectivity index (χ0) is 12.3. The zero-order valence-corrected chi connectivity index (χ0v) is 12.4. The Bertz CT molecular complexity index is 365. The van der Waals surface area contributed by atoms with E-state index in [4.69, 9.17) is 0 Å². The summed E-state index contributed by atoms with van der Waals surface area (Å²) >= 11 is 3.70. The Morgan fingerprint density at radius 2 is 2.29 bits per heavy atom. The molecule has 0 saturated carbocycles. The quantitative estimate of drug-likeness (QED) is 0.930. The van der Waals surface area contributed by atoms with Gasteiger partial charge in [-0.05, 0) is 60.6 Å². The molecule has 3 nitrogen and oxygen atoms in total. The number of hydrogen-bond acceptors (Lipinski definition) is 2. The van der Waals surface area contributed by atoms with Crippen molar-refractivity contribution in [2.24, 2.45) is 13.0 Å². The predicted molar refractivity (Wildman–Crippen MR) is 74.2 cm³/mol. The van der Waals surface area contributed by atoms with Gasteiger partial charge in [-0.15, -0.1) is 0 Å². The Hall–Kier alpha value is -0.350. The van der Waals surface area contributed by atoms with Gasteiger partial charge in [0.2, 0.25) is 0 Å². The maximum atomic E-state index is 4.57. The molecule has 0 bridgehead atoms.